The number of piperidine rings is 1. The number of ether oxygens (including phenoxy) is 1. The normalized spacial score (nSPS) is 31.5. The van der Waals surface area contributed by atoms with Gasteiger partial charge < -0.3 is 20.3 Å². The Kier molecular flexibility index (Phi) is 2.97. The Hall–Kier alpha value is -2.48. The molecule has 26 heavy (non-hydrogen) atoms. The summed E-state index contributed by atoms with van der Waals surface area (Å²) in [5.74, 6) is 3.75. The fraction of sp³-hybridized carbons (Fsp3) is 0.556. The van der Waals surface area contributed by atoms with E-state index >= 15 is 0 Å². The number of morpholine rings is 1. The third-order valence-corrected chi connectivity index (χ3v) is 6.12. The average Bonchev–Trinajstić information content (AvgIpc) is 3.07. The van der Waals surface area contributed by atoms with Crippen molar-refractivity contribution in [2.45, 2.75) is 25.0 Å². The molecule has 0 radical (unpaired) electrons. The highest BCUT2D eigenvalue weighted by Crippen LogP contribution is 2.46. The summed E-state index contributed by atoms with van der Waals surface area (Å²) >= 11 is 0. The van der Waals surface area contributed by atoms with Crippen LogP contribution in [-0.2, 0) is 4.74 Å². The summed E-state index contributed by atoms with van der Waals surface area (Å²) in [5, 5.41) is 0. The molecular formula is C18H21N7O. The number of hydrogen-bond donors (Lipinski definition) is 1. The molecule has 1 saturated carbocycles. The highest BCUT2D eigenvalue weighted by Gasteiger charge is 2.46. The lowest BCUT2D eigenvalue weighted by molar-refractivity contribution is 0.0989. The summed E-state index contributed by atoms with van der Waals surface area (Å²) in [6.45, 7) is 3.84. The SMILES string of the molecule is Nc1ncc(-c2cc(N3C[C@@H]4C[C@H]3CO4)nc(N3CC4CC4C3)n2)cn1. The van der Waals surface area contributed by atoms with E-state index in [1.54, 1.807) is 12.4 Å². The molecular weight excluding hydrogens is 330 g/mol. The smallest absolute Gasteiger partial charge is 0.227 e. The Bertz CT molecular complexity index is 847. The molecule has 1 aliphatic carbocycles. The Morgan fingerprint density at radius 2 is 1.85 bits per heavy atom. The van der Waals surface area contributed by atoms with Crippen LogP contribution in [0.4, 0.5) is 17.7 Å². The lowest BCUT2D eigenvalue weighted by Crippen LogP contribution is -2.38. The van der Waals surface area contributed by atoms with E-state index in [1.807, 2.05) is 0 Å². The van der Waals surface area contributed by atoms with Gasteiger partial charge in [0.25, 0.3) is 0 Å². The number of nitrogens with zero attached hydrogens (tertiary/aromatic N) is 6. The highest BCUT2D eigenvalue weighted by atomic mass is 16.5. The third kappa shape index (κ3) is 2.32. The number of anilines is 3. The molecule has 4 fully saturated rings. The summed E-state index contributed by atoms with van der Waals surface area (Å²) in [5.41, 5.74) is 7.36. The first-order valence-electron chi connectivity index (χ1n) is 9.33. The molecule has 2 bridgehead atoms. The molecule has 4 aliphatic rings. The second-order valence-electron chi connectivity index (χ2n) is 7.90. The fourth-order valence-electron chi connectivity index (χ4n) is 4.57. The van der Waals surface area contributed by atoms with Gasteiger partial charge in [-0.25, -0.2) is 15.0 Å². The van der Waals surface area contributed by atoms with Crippen LogP contribution in [0.1, 0.15) is 12.8 Å². The molecule has 2 N–H and O–H groups in total. The minimum atomic E-state index is 0.275. The molecule has 8 heteroatoms. The van der Waals surface area contributed by atoms with E-state index in [0.29, 0.717) is 12.1 Å². The van der Waals surface area contributed by atoms with Gasteiger partial charge in [-0.3, -0.25) is 0 Å². The van der Waals surface area contributed by atoms with Crippen LogP contribution in [-0.4, -0.2) is 58.3 Å². The third-order valence-electron chi connectivity index (χ3n) is 6.12. The van der Waals surface area contributed by atoms with Crippen molar-refractivity contribution in [2.24, 2.45) is 11.8 Å². The van der Waals surface area contributed by atoms with Gasteiger partial charge in [-0.2, -0.15) is 4.98 Å². The van der Waals surface area contributed by atoms with E-state index in [2.05, 4.69) is 25.8 Å². The van der Waals surface area contributed by atoms with Crippen molar-refractivity contribution in [2.75, 3.05) is 41.8 Å². The maximum absolute atomic E-state index is 5.75. The highest BCUT2D eigenvalue weighted by molar-refractivity contribution is 5.65. The quantitative estimate of drug-likeness (QED) is 0.874. The van der Waals surface area contributed by atoms with Gasteiger partial charge in [0, 0.05) is 43.7 Å². The monoisotopic (exact) mass is 351 g/mol. The van der Waals surface area contributed by atoms with E-state index in [9.17, 15) is 0 Å². The molecule has 2 unspecified atom stereocenters. The molecule has 8 nitrogen and oxygen atoms in total. The first-order chi connectivity index (χ1) is 12.7. The number of nitrogens with two attached hydrogens (primary N) is 1. The van der Waals surface area contributed by atoms with Crippen molar-refractivity contribution in [1.82, 2.24) is 19.9 Å². The fourth-order valence-corrected chi connectivity index (χ4v) is 4.57. The molecule has 6 rings (SSSR count). The van der Waals surface area contributed by atoms with Crippen molar-refractivity contribution in [3.63, 3.8) is 0 Å². The van der Waals surface area contributed by atoms with Crippen molar-refractivity contribution < 1.29 is 4.74 Å². The Labute approximate surface area is 151 Å². The van der Waals surface area contributed by atoms with Gasteiger partial charge >= 0.3 is 0 Å². The maximum atomic E-state index is 5.75. The summed E-state index contributed by atoms with van der Waals surface area (Å²) in [7, 11) is 0. The van der Waals surface area contributed by atoms with Gasteiger partial charge in [-0.05, 0) is 24.7 Å². The van der Waals surface area contributed by atoms with Gasteiger partial charge in [-0.1, -0.05) is 0 Å². The molecule has 3 saturated heterocycles. The Morgan fingerprint density at radius 1 is 1.04 bits per heavy atom. The molecule has 0 aromatic carbocycles. The molecule has 3 aliphatic heterocycles. The van der Waals surface area contributed by atoms with Gasteiger partial charge in [-0.15, -0.1) is 0 Å². The first-order valence-corrected chi connectivity index (χ1v) is 9.33. The second-order valence-corrected chi connectivity index (χ2v) is 7.90. The number of fused-ring (bicyclic) bond motifs is 3. The lowest BCUT2D eigenvalue weighted by atomic mass is 10.2. The topological polar surface area (TPSA) is 93.3 Å². The largest absolute Gasteiger partial charge is 0.374 e. The van der Waals surface area contributed by atoms with Crippen molar-refractivity contribution in [3.05, 3.63) is 18.5 Å². The van der Waals surface area contributed by atoms with Crippen LogP contribution in [0.2, 0.25) is 0 Å². The summed E-state index contributed by atoms with van der Waals surface area (Å²) in [4.78, 5) is 22.7. The summed E-state index contributed by atoms with van der Waals surface area (Å²) in [6, 6.07) is 2.47. The Morgan fingerprint density at radius 3 is 2.54 bits per heavy atom. The van der Waals surface area contributed by atoms with Crippen LogP contribution < -0.4 is 15.5 Å². The van der Waals surface area contributed by atoms with Crippen molar-refractivity contribution in [3.8, 4) is 11.3 Å². The minimum Gasteiger partial charge on any atom is -0.374 e. The van der Waals surface area contributed by atoms with E-state index in [4.69, 9.17) is 20.4 Å². The number of nitrogen functional groups attached to an aromatic ring is 1. The van der Waals surface area contributed by atoms with Crippen molar-refractivity contribution in [1.29, 1.82) is 0 Å². The van der Waals surface area contributed by atoms with Crippen LogP contribution in [0.3, 0.4) is 0 Å². The molecule has 0 spiro atoms. The Balaban J connectivity index is 1.41. The van der Waals surface area contributed by atoms with Gasteiger partial charge in [0.2, 0.25) is 11.9 Å². The molecule has 2 aromatic heterocycles. The van der Waals surface area contributed by atoms with Crippen LogP contribution in [0, 0.1) is 11.8 Å². The molecule has 4 atom stereocenters. The van der Waals surface area contributed by atoms with Crippen LogP contribution >= 0.6 is 0 Å². The summed E-state index contributed by atoms with van der Waals surface area (Å²) in [6.07, 6.45) is 6.26. The second kappa shape index (κ2) is 5.26. The van der Waals surface area contributed by atoms with E-state index in [1.165, 1.54) is 6.42 Å². The van der Waals surface area contributed by atoms with E-state index in [-0.39, 0.29) is 5.95 Å². The van der Waals surface area contributed by atoms with E-state index in [0.717, 1.165) is 67.5 Å². The van der Waals surface area contributed by atoms with Crippen LogP contribution in [0.15, 0.2) is 18.5 Å². The summed E-state index contributed by atoms with van der Waals surface area (Å²) < 4.78 is 5.75. The number of rotatable bonds is 3. The zero-order chi connectivity index (χ0) is 17.3. The van der Waals surface area contributed by atoms with Crippen LogP contribution in [0.25, 0.3) is 11.3 Å². The maximum Gasteiger partial charge on any atom is 0.227 e. The van der Waals surface area contributed by atoms with Crippen LogP contribution in [0.5, 0.6) is 0 Å². The lowest BCUT2D eigenvalue weighted by Gasteiger charge is -2.29. The predicted molar refractivity (Wildman–Crippen MR) is 96.8 cm³/mol. The molecule has 2 aromatic rings. The van der Waals surface area contributed by atoms with Crippen molar-refractivity contribution >= 4 is 17.7 Å². The number of aromatic nitrogens is 4. The van der Waals surface area contributed by atoms with Gasteiger partial charge in [0.15, 0.2) is 0 Å². The minimum absolute atomic E-state index is 0.275. The number of hydrogen-bond acceptors (Lipinski definition) is 8. The molecule has 0 amide bonds. The average molecular weight is 351 g/mol. The first kappa shape index (κ1) is 14.7. The zero-order valence-electron chi connectivity index (χ0n) is 14.5. The van der Waals surface area contributed by atoms with E-state index < -0.39 is 0 Å². The predicted octanol–water partition coefficient (Wildman–Crippen LogP) is 0.949. The van der Waals surface area contributed by atoms with Gasteiger partial charge in [0.05, 0.1) is 24.4 Å². The molecule has 134 valence electrons. The van der Waals surface area contributed by atoms with Gasteiger partial charge in [0.1, 0.15) is 5.82 Å². The standard InChI is InChI=1S/C18H21N7O/c19-17-20-4-12(5-21-17)15-3-16(25-8-14-2-13(25)9-26-14)23-18(22-15)24-6-10-1-11(10)7-24/h3-5,10-11,13-14H,1-2,6-9H2,(H2,19,20,21)/t10?,11?,13-,14-/m0/s1. The molecule has 5 heterocycles. The zero-order valence-corrected chi connectivity index (χ0v) is 14.5.